The van der Waals surface area contributed by atoms with Gasteiger partial charge in [-0.2, -0.15) is 0 Å². The summed E-state index contributed by atoms with van der Waals surface area (Å²) in [4.78, 5) is 15.4. The standard InChI is InChI=1S/C18H24N2O/c1-12-7-9-16(13(12)2)20-18(21)10-8-14-11-19-17-6-4-3-5-15(14)17/h3-6,11-13,16,19H,7-10H2,1-2H3,(H,20,21). The fourth-order valence-corrected chi connectivity index (χ4v) is 3.43. The highest BCUT2D eigenvalue weighted by Gasteiger charge is 2.30. The summed E-state index contributed by atoms with van der Waals surface area (Å²) in [6, 6.07) is 8.62. The number of aryl methyl sites for hydroxylation is 1. The third kappa shape index (κ3) is 2.97. The molecule has 1 aromatic heterocycles. The van der Waals surface area contributed by atoms with Gasteiger partial charge >= 0.3 is 0 Å². The molecule has 2 N–H and O–H groups in total. The lowest BCUT2D eigenvalue weighted by Gasteiger charge is -2.19. The minimum atomic E-state index is 0.186. The molecular weight excluding hydrogens is 260 g/mol. The van der Waals surface area contributed by atoms with Gasteiger partial charge in [0.25, 0.3) is 0 Å². The average molecular weight is 284 g/mol. The topological polar surface area (TPSA) is 44.9 Å². The van der Waals surface area contributed by atoms with Crippen LogP contribution >= 0.6 is 0 Å². The van der Waals surface area contributed by atoms with Crippen LogP contribution in [0, 0.1) is 11.8 Å². The largest absolute Gasteiger partial charge is 0.361 e. The summed E-state index contributed by atoms with van der Waals surface area (Å²) < 4.78 is 0. The van der Waals surface area contributed by atoms with Gasteiger partial charge in [-0.05, 0) is 42.7 Å². The number of fused-ring (bicyclic) bond motifs is 1. The van der Waals surface area contributed by atoms with Crippen molar-refractivity contribution < 1.29 is 4.79 Å². The number of para-hydroxylation sites is 1. The number of nitrogens with one attached hydrogen (secondary N) is 2. The number of aromatic nitrogens is 1. The highest BCUT2D eigenvalue weighted by molar-refractivity contribution is 5.84. The number of rotatable bonds is 4. The molecule has 0 saturated heterocycles. The van der Waals surface area contributed by atoms with Crippen LogP contribution in [-0.2, 0) is 11.2 Å². The number of H-pyrrole nitrogens is 1. The van der Waals surface area contributed by atoms with Crippen molar-refractivity contribution in [2.45, 2.75) is 45.6 Å². The molecule has 3 heteroatoms. The lowest BCUT2D eigenvalue weighted by Crippen LogP contribution is -2.37. The van der Waals surface area contributed by atoms with Crippen molar-refractivity contribution in [3.8, 4) is 0 Å². The highest BCUT2D eigenvalue weighted by atomic mass is 16.1. The van der Waals surface area contributed by atoms with E-state index >= 15 is 0 Å². The fraction of sp³-hybridized carbons (Fsp3) is 0.500. The predicted octanol–water partition coefficient (Wildman–Crippen LogP) is 3.65. The molecule has 0 bridgehead atoms. The summed E-state index contributed by atoms with van der Waals surface area (Å²) in [5.74, 6) is 1.51. The molecule has 3 atom stereocenters. The van der Waals surface area contributed by atoms with Crippen LogP contribution in [0.2, 0.25) is 0 Å². The number of benzene rings is 1. The summed E-state index contributed by atoms with van der Waals surface area (Å²) in [6.45, 7) is 4.53. The molecule has 0 radical (unpaired) electrons. The van der Waals surface area contributed by atoms with Crippen molar-refractivity contribution in [3.63, 3.8) is 0 Å². The molecule has 1 saturated carbocycles. The van der Waals surface area contributed by atoms with E-state index in [2.05, 4.69) is 36.3 Å². The molecule has 1 aromatic carbocycles. The molecule has 0 aliphatic heterocycles. The second kappa shape index (κ2) is 5.92. The van der Waals surface area contributed by atoms with Gasteiger partial charge in [-0.3, -0.25) is 4.79 Å². The quantitative estimate of drug-likeness (QED) is 0.884. The average Bonchev–Trinajstić information content (AvgIpc) is 3.04. The summed E-state index contributed by atoms with van der Waals surface area (Å²) >= 11 is 0. The smallest absolute Gasteiger partial charge is 0.220 e. The van der Waals surface area contributed by atoms with Crippen LogP contribution in [-0.4, -0.2) is 16.9 Å². The first-order valence-electron chi connectivity index (χ1n) is 7.99. The van der Waals surface area contributed by atoms with Gasteiger partial charge in [-0.1, -0.05) is 32.0 Å². The van der Waals surface area contributed by atoms with Gasteiger partial charge in [-0.15, -0.1) is 0 Å². The first-order valence-corrected chi connectivity index (χ1v) is 7.99. The van der Waals surface area contributed by atoms with Crippen molar-refractivity contribution in [3.05, 3.63) is 36.0 Å². The molecule has 0 spiro atoms. The molecule has 1 aliphatic rings. The Kier molecular flexibility index (Phi) is 4.00. The van der Waals surface area contributed by atoms with E-state index in [1.165, 1.54) is 17.4 Å². The second-order valence-electron chi connectivity index (χ2n) is 6.45. The van der Waals surface area contributed by atoms with Crippen LogP contribution in [0.5, 0.6) is 0 Å². The van der Waals surface area contributed by atoms with Crippen molar-refractivity contribution >= 4 is 16.8 Å². The number of carbonyl (C=O) groups excluding carboxylic acids is 1. The molecule has 3 nitrogen and oxygen atoms in total. The molecular formula is C18H24N2O. The Morgan fingerprint density at radius 2 is 2.10 bits per heavy atom. The normalized spacial score (nSPS) is 25.3. The highest BCUT2D eigenvalue weighted by Crippen LogP contribution is 2.31. The molecule has 1 fully saturated rings. The maximum absolute atomic E-state index is 12.2. The van der Waals surface area contributed by atoms with Crippen LogP contribution in [0.25, 0.3) is 10.9 Å². The van der Waals surface area contributed by atoms with Gasteiger partial charge in [0.05, 0.1) is 0 Å². The molecule has 3 rings (SSSR count). The minimum absolute atomic E-state index is 0.186. The molecule has 1 amide bonds. The lowest BCUT2D eigenvalue weighted by molar-refractivity contribution is -0.122. The second-order valence-corrected chi connectivity index (χ2v) is 6.45. The first kappa shape index (κ1) is 14.2. The Morgan fingerprint density at radius 1 is 1.29 bits per heavy atom. The van der Waals surface area contributed by atoms with Crippen LogP contribution in [0.4, 0.5) is 0 Å². The van der Waals surface area contributed by atoms with E-state index in [1.807, 2.05) is 18.3 Å². The van der Waals surface area contributed by atoms with E-state index < -0.39 is 0 Å². The molecule has 1 aliphatic carbocycles. The van der Waals surface area contributed by atoms with Crippen LogP contribution in [0.1, 0.15) is 38.7 Å². The van der Waals surface area contributed by atoms with Gasteiger partial charge < -0.3 is 10.3 Å². The summed E-state index contributed by atoms with van der Waals surface area (Å²) in [7, 11) is 0. The number of amides is 1. The Bertz CT molecular complexity index is 631. The number of carbonyl (C=O) groups is 1. The van der Waals surface area contributed by atoms with Gasteiger partial charge in [0, 0.05) is 29.6 Å². The molecule has 1 heterocycles. The first-order chi connectivity index (χ1) is 10.1. The summed E-state index contributed by atoms with van der Waals surface area (Å²) in [5.41, 5.74) is 2.37. The fourth-order valence-electron chi connectivity index (χ4n) is 3.43. The third-order valence-corrected chi connectivity index (χ3v) is 5.11. The van der Waals surface area contributed by atoms with E-state index in [9.17, 15) is 4.79 Å². The van der Waals surface area contributed by atoms with E-state index in [0.717, 1.165) is 24.3 Å². The van der Waals surface area contributed by atoms with Crippen molar-refractivity contribution in [1.82, 2.24) is 10.3 Å². The Balaban J connectivity index is 1.56. The lowest BCUT2D eigenvalue weighted by atomic mass is 9.97. The predicted molar refractivity (Wildman–Crippen MR) is 86.1 cm³/mol. The van der Waals surface area contributed by atoms with Crippen LogP contribution < -0.4 is 5.32 Å². The van der Waals surface area contributed by atoms with E-state index in [1.54, 1.807) is 0 Å². The maximum atomic E-state index is 12.2. The zero-order valence-corrected chi connectivity index (χ0v) is 12.9. The number of hydrogen-bond donors (Lipinski definition) is 2. The Labute approximate surface area is 126 Å². The monoisotopic (exact) mass is 284 g/mol. The Hall–Kier alpha value is -1.77. The van der Waals surface area contributed by atoms with Crippen molar-refractivity contribution in [2.75, 3.05) is 0 Å². The van der Waals surface area contributed by atoms with E-state index in [0.29, 0.717) is 18.4 Å². The maximum Gasteiger partial charge on any atom is 0.220 e. The van der Waals surface area contributed by atoms with E-state index in [-0.39, 0.29) is 5.91 Å². The van der Waals surface area contributed by atoms with Gasteiger partial charge in [-0.25, -0.2) is 0 Å². The molecule has 3 unspecified atom stereocenters. The van der Waals surface area contributed by atoms with Crippen molar-refractivity contribution in [2.24, 2.45) is 11.8 Å². The minimum Gasteiger partial charge on any atom is -0.361 e. The zero-order valence-electron chi connectivity index (χ0n) is 12.9. The van der Waals surface area contributed by atoms with Gasteiger partial charge in [0.1, 0.15) is 0 Å². The summed E-state index contributed by atoms with van der Waals surface area (Å²) in [6.07, 6.45) is 5.75. The van der Waals surface area contributed by atoms with Crippen LogP contribution in [0.15, 0.2) is 30.5 Å². The van der Waals surface area contributed by atoms with Crippen molar-refractivity contribution in [1.29, 1.82) is 0 Å². The van der Waals surface area contributed by atoms with Gasteiger partial charge in [0.2, 0.25) is 5.91 Å². The van der Waals surface area contributed by atoms with Gasteiger partial charge in [0.15, 0.2) is 0 Å². The molecule has 2 aromatic rings. The SMILES string of the molecule is CC1CCC(NC(=O)CCc2c[nH]c3ccccc23)C1C. The molecule has 21 heavy (non-hydrogen) atoms. The van der Waals surface area contributed by atoms with E-state index in [4.69, 9.17) is 0 Å². The number of aromatic amines is 1. The van der Waals surface area contributed by atoms with Crippen LogP contribution in [0.3, 0.4) is 0 Å². The zero-order chi connectivity index (χ0) is 14.8. The third-order valence-electron chi connectivity index (χ3n) is 5.11. The number of hydrogen-bond acceptors (Lipinski definition) is 1. The Morgan fingerprint density at radius 3 is 2.86 bits per heavy atom. The molecule has 112 valence electrons. The summed E-state index contributed by atoms with van der Waals surface area (Å²) in [5, 5.41) is 4.45.